The molecule has 0 bridgehead atoms. The van der Waals surface area contributed by atoms with Crippen LogP contribution in [0.15, 0.2) is 18.2 Å². The molecule has 14 heavy (non-hydrogen) atoms. The Morgan fingerprint density at radius 3 is 2.36 bits per heavy atom. The molecule has 78 valence electrons. The fourth-order valence-electron chi connectivity index (χ4n) is 1.24. The Morgan fingerprint density at radius 2 is 1.79 bits per heavy atom. The van der Waals surface area contributed by atoms with Crippen molar-refractivity contribution in [2.24, 2.45) is 5.41 Å². The SMILES string of the molecule is CC(C)(C)CCc1cc(F)ccc1F. The summed E-state index contributed by atoms with van der Waals surface area (Å²) in [5, 5.41) is 0. The summed E-state index contributed by atoms with van der Waals surface area (Å²) in [6.45, 7) is 6.26. The molecule has 0 heterocycles. The minimum absolute atomic E-state index is 0.152. The summed E-state index contributed by atoms with van der Waals surface area (Å²) in [5.74, 6) is -0.675. The van der Waals surface area contributed by atoms with Gasteiger partial charge in [0.05, 0.1) is 0 Å². The Morgan fingerprint density at radius 1 is 1.14 bits per heavy atom. The molecule has 1 aromatic carbocycles. The first-order valence-electron chi connectivity index (χ1n) is 4.82. The summed E-state index contributed by atoms with van der Waals surface area (Å²) >= 11 is 0. The molecule has 0 aliphatic carbocycles. The normalized spacial score (nSPS) is 11.8. The van der Waals surface area contributed by atoms with Crippen LogP contribution < -0.4 is 0 Å². The van der Waals surface area contributed by atoms with Crippen molar-refractivity contribution in [3.63, 3.8) is 0 Å². The van der Waals surface area contributed by atoms with Gasteiger partial charge in [0.15, 0.2) is 0 Å². The molecule has 0 aliphatic rings. The maximum atomic E-state index is 13.2. The second kappa shape index (κ2) is 4.07. The van der Waals surface area contributed by atoms with Gasteiger partial charge in [-0.2, -0.15) is 0 Å². The van der Waals surface area contributed by atoms with Crippen molar-refractivity contribution in [2.75, 3.05) is 0 Å². The topological polar surface area (TPSA) is 0 Å². The van der Waals surface area contributed by atoms with E-state index in [1.54, 1.807) is 0 Å². The van der Waals surface area contributed by atoms with E-state index in [0.717, 1.165) is 12.5 Å². The highest BCUT2D eigenvalue weighted by molar-refractivity contribution is 5.18. The van der Waals surface area contributed by atoms with Gasteiger partial charge in [-0.3, -0.25) is 0 Å². The third-order valence-electron chi connectivity index (χ3n) is 2.15. The van der Waals surface area contributed by atoms with Crippen LogP contribution in [0.2, 0.25) is 0 Å². The highest BCUT2D eigenvalue weighted by Gasteiger charge is 2.12. The molecule has 0 saturated carbocycles. The Bertz CT molecular complexity index is 311. The van der Waals surface area contributed by atoms with Crippen LogP contribution in [0.1, 0.15) is 32.8 Å². The van der Waals surface area contributed by atoms with Crippen LogP contribution >= 0.6 is 0 Å². The fourth-order valence-corrected chi connectivity index (χ4v) is 1.24. The first-order chi connectivity index (χ1) is 6.38. The zero-order valence-corrected chi connectivity index (χ0v) is 8.90. The zero-order chi connectivity index (χ0) is 10.8. The van der Waals surface area contributed by atoms with E-state index in [1.165, 1.54) is 12.1 Å². The largest absolute Gasteiger partial charge is 0.207 e. The van der Waals surface area contributed by atoms with E-state index in [0.29, 0.717) is 12.0 Å². The molecule has 0 fully saturated rings. The van der Waals surface area contributed by atoms with Crippen molar-refractivity contribution in [1.29, 1.82) is 0 Å². The van der Waals surface area contributed by atoms with Gasteiger partial charge in [0.1, 0.15) is 11.6 Å². The molecule has 0 N–H and O–H groups in total. The predicted molar refractivity (Wildman–Crippen MR) is 54.1 cm³/mol. The fraction of sp³-hybridized carbons (Fsp3) is 0.500. The van der Waals surface area contributed by atoms with Crippen molar-refractivity contribution >= 4 is 0 Å². The van der Waals surface area contributed by atoms with Crippen molar-refractivity contribution in [1.82, 2.24) is 0 Å². The average Bonchev–Trinajstić information content (AvgIpc) is 2.05. The Balaban J connectivity index is 2.72. The van der Waals surface area contributed by atoms with Crippen molar-refractivity contribution in [3.8, 4) is 0 Å². The summed E-state index contributed by atoms with van der Waals surface area (Å²) in [6.07, 6.45) is 1.44. The van der Waals surface area contributed by atoms with Gasteiger partial charge in [0, 0.05) is 0 Å². The molecular weight excluding hydrogens is 182 g/mol. The molecule has 1 rings (SSSR count). The molecule has 0 aromatic heterocycles. The van der Waals surface area contributed by atoms with Crippen LogP contribution in [0.25, 0.3) is 0 Å². The predicted octanol–water partition coefficient (Wildman–Crippen LogP) is 3.94. The van der Waals surface area contributed by atoms with Gasteiger partial charge in [-0.25, -0.2) is 8.78 Å². The summed E-state index contributed by atoms with van der Waals surface area (Å²) < 4.78 is 26.0. The molecule has 0 aliphatic heterocycles. The molecule has 0 amide bonds. The highest BCUT2D eigenvalue weighted by atomic mass is 19.1. The number of benzene rings is 1. The molecule has 0 unspecified atom stereocenters. The van der Waals surface area contributed by atoms with Gasteiger partial charge in [0.2, 0.25) is 0 Å². The lowest BCUT2D eigenvalue weighted by molar-refractivity contribution is 0.375. The van der Waals surface area contributed by atoms with E-state index in [1.807, 2.05) is 0 Å². The minimum atomic E-state index is -0.365. The highest BCUT2D eigenvalue weighted by Crippen LogP contribution is 2.22. The van der Waals surface area contributed by atoms with E-state index in [4.69, 9.17) is 0 Å². The number of aryl methyl sites for hydroxylation is 1. The van der Waals surface area contributed by atoms with Gasteiger partial charge >= 0.3 is 0 Å². The number of hydrogen-bond acceptors (Lipinski definition) is 0. The van der Waals surface area contributed by atoms with E-state index in [-0.39, 0.29) is 17.0 Å². The van der Waals surface area contributed by atoms with Gasteiger partial charge in [-0.05, 0) is 42.0 Å². The Kier molecular flexibility index (Phi) is 3.25. The Labute approximate surface area is 84.0 Å². The van der Waals surface area contributed by atoms with Crippen LogP contribution in [0.3, 0.4) is 0 Å². The van der Waals surface area contributed by atoms with Gasteiger partial charge in [-0.1, -0.05) is 20.8 Å². The molecule has 0 saturated heterocycles. The Hall–Kier alpha value is -0.920. The van der Waals surface area contributed by atoms with Crippen LogP contribution in [0.5, 0.6) is 0 Å². The number of rotatable bonds is 2. The minimum Gasteiger partial charge on any atom is -0.207 e. The first-order valence-corrected chi connectivity index (χ1v) is 4.82. The number of halogens is 2. The molecule has 0 atom stereocenters. The van der Waals surface area contributed by atoms with E-state index < -0.39 is 0 Å². The van der Waals surface area contributed by atoms with Gasteiger partial charge in [0.25, 0.3) is 0 Å². The van der Waals surface area contributed by atoms with Gasteiger partial charge in [-0.15, -0.1) is 0 Å². The van der Waals surface area contributed by atoms with Crippen molar-refractivity contribution < 1.29 is 8.78 Å². The average molecular weight is 198 g/mol. The lowest BCUT2D eigenvalue weighted by Crippen LogP contribution is -2.07. The molecule has 0 spiro atoms. The second-order valence-corrected chi connectivity index (χ2v) is 4.80. The van der Waals surface area contributed by atoms with Crippen LogP contribution in [-0.4, -0.2) is 0 Å². The van der Waals surface area contributed by atoms with E-state index in [2.05, 4.69) is 20.8 Å². The molecule has 0 radical (unpaired) electrons. The summed E-state index contributed by atoms with van der Waals surface area (Å²) in [7, 11) is 0. The number of hydrogen-bond donors (Lipinski definition) is 0. The van der Waals surface area contributed by atoms with Crippen molar-refractivity contribution in [2.45, 2.75) is 33.6 Å². The monoisotopic (exact) mass is 198 g/mol. The molecule has 2 heteroatoms. The van der Waals surface area contributed by atoms with E-state index >= 15 is 0 Å². The van der Waals surface area contributed by atoms with Gasteiger partial charge < -0.3 is 0 Å². The third-order valence-corrected chi connectivity index (χ3v) is 2.15. The molecule has 0 nitrogen and oxygen atoms in total. The van der Waals surface area contributed by atoms with Crippen LogP contribution in [-0.2, 0) is 6.42 Å². The molecule has 1 aromatic rings. The molecular formula is C12H16F2. The van der Waals surface area contributed by atoms with Crippen LogP contribution in [0.4, 0.5) is 8.78 Å². The van der Waals surface area contributed by atoms with E-state index in [9.17, 15) is 8.78 Å². The third kappa shape index (κ3) is 3.44. The lowest BCUT2D eigenvalue weighted by Gasteiger charge is -2.17. The summed E-state index contributed by atoms with van der Waals surface area (Å²) in [4.78, 5) is 0. The van der Waals surface area contributed by atoms with Crippen LogP contribution in [0, 0.1) is 17.0 Å². The quantitative estimate of drug-likeness (QED) is 0.675. The lowest BCUT2D eigenvalue weighted by atomic mass is 9.88. The maximum absolute atomic E-state index is 13.2. The summed E-state index contributed by atoms with van der Waals surface area (Å²) in [5.41, 5.74) is 0.624. The van der Waals surface area contributed by atoms with Crippen molar-refractivity contribution in [3.05, 3.63) is 35.4 Å². The second-order valence-electron chi connectivity index (χ2n) is 4.80. The smallest absolute Gasteiger partial charge is 0.126 e. The maximum Gasteiger partial charge on any atom is 0.126 e. The summed E-state index contributed by atoms with van der Waals surface area (Å²) in [6, 6.07) is 3.62. The zero-order valence-electron chi connectivity index (χ0n) is 8.90. The first kappa shape index (κ1) is 11.2. The standard InChI is InChI=1S/C12H16F2/c1-12(2,3)7-6-9-8-10(13)4-5-11(9)14/h4-5,8H,6-7H2,1-3H3.